The Hall–Kier alpha value is -1.69. The van der Waals surface area contributed by atoms with Gasteiger partial charge in [-0.3, -0.25) is 9.59 Å². The van der Waals surface area contributed by atoms with Gasteiger partial charge in [-0.25, -0.2) is 9.69 Å². The van der Waals surface area contributed by atoms with Gasteiger partial charge >= 0.3 is 6.09 Å². The van der Waals surface area contributed by atoms with Crippen LogP contribution in [0, 0.1) is 0 Å². The van der Waals surface area contributed by atoms with E-state index in [0.29, 0.717) is 6.61 Å². The molecule has 1 heterocycles. The number of hydrogen-bond acceptors (Lipinski definition) is 5. The van der Waals surface area contributed by atoms with Crippen LogP contribution in [-0.2, 0) is 19.1 Å². The Kier molecular flexibility index (Phi) is 4.65. The number of Topliss-reactive ketones (excluding diaryl/α,β-unsaturated/α-hetero) is 1. The Morgan fingerprint density at radius 3 is 2.88 bits per heavy atom. The average Bonchev–Trinajstić information content (AvgIpc) is 2.69. The molecule has 0 saturated carbocycles. The summed E-state index contributed by atoms with van der Waals surface area (Å²) in [4.78, 5) is 34.5. The molecule has 16 heavy (non-hydrogen) atoms. The van der Waals surface area contributed by atoms with Crippen molar-refractivity contribution in [3.8, 4) is 0 Å². The highest BCUT2D eigenvalue weighted by molar-refractivity contribution is 6.38. The zero-order valence-electron chi connectivity index (χ0n) is 8.81. The summed E-state index contributed by atoms with van der Waals surface area (Å²) in [6.45, 7) is 4.18. The molecule has 0 aromatic heterocycles. The van der Waals surface area contributed by atoms with Crippen molar-refractivity contribution in [2.24, 2.45) is 0 Å². The lowest BCUT2D eigenvalue weighted by atomic mass is 10.2. The standard InChI is InChI=1S/C10H13NO5/c1-2-5-15-6-3-8(12)9(13)11-4-7-16-10(11)14/h2H,1,3-7H2. The average molecular weight is 227 g/mol. The van der Waals surface area contributed by atoms with Crippen LogP contribution in [-0.4, -0.2) is 49.0 Å². The molecule has 0 bridgehead atoms. The summed E-state index contributed by atoms with van der Waals surface area (Å²) in [5, 5.41) is 0. The van der Waals surface area contributed by atoms with Crippen LogP contribution in [0.3, 0.4) is 0 Å². The van der Waals surface area contributed by atoms with Crippen molar-refractivity contribution in [1.82, 2.24) is 4.90 Å². The van der Waals surface area contributed by atoms with Crippen LogP contribution in [0.25, 0.3) is 0 Å². The van der Waals surface area contributed by atoms with Gasteiger partial charge in [0.15, 0.2) is 0 Å². The first-order valence-electron chi connectivity index (χ1n) is 4.87. The SMILES string of the molecule is C=CCOCCC(=O)C(=O)N1CCOC1=O. The summed E-state index contributed by atoms with van der Waals surface area (Å²) in [6.07, 6.45) is 0.742. The predicted molar refractivity (Wildman–Crippen MR) is 53.7 cm³/mol. The van der Waals surface area contributed by atoms with E-state index >= 15 is 0 Å². The van der Waals surface area contributed by atoms with E-state index in [1.807, 2.05) is 0 Å². The number of ether oxygens (including phenoxy) is 2. The fourth-order valence-electron chi connectivity index (χ4n) is 1.17. The van der Waals surface area contributed by atoms with Crippen LogP contribution < -0.4 is 0 Å². The molecule has 0 atom stereocenters. The minimum Gasteiger partial charge on any atom is -0.447 e. The molecule has 0 aliphatic carbocycles. The van der Waals surface area contributed by atoms with Gasteiger partial charge in [0.1, 0.15) is 6.61 Å². The number of nitrogens with zero attached hydrogens (tertiary/aromatic N) is 1. The summed E-state index contributed by atoms with van der Waals surface area (Å²) in [7, 11) is 0. The Morgan fingerprint density at radius 1 is 1.56 bits per heavy atom. The molecule has 6 heteroatoms. The number of ketones is 1. The van der Waals surface area contributed by atoms with Crippen molar-refractivity contribution in [3.05, 3.63) is 12.7 Å². The highest BCUT2D eigenvalue weighted by Gasteiger charge is 2.32. The van der Waals surface area contributed by atoms with Gasteiger partial charge in [-0.05, 0) is 0 Å². The highest BCUT2D eigenvalue weighted by Crippen LogP contribution is 2.05. The first-order valence-corrected chi connectivity index (χ1v) is 4.87. The zero-order valence-corrected chi connectivity index (χ0v) is 8.81. The predicted octanol–water partition coefficient (Wildman–Crippen LogP) is 0.127. The molecule has 1 aliphatic rings. The van der Waals surface area contributed by atoms with Crippen LogP contribution in [0.1, 0.15) is 6.42 Å². The number of cyclic esters (lactones) is 1. The van der Waals surface area contributed by atoms with E-state index in [4.69, 9.17) is 4.74 Å². The number of rotatable bonds is 6. The summed E-state index contributed by atoms with van der Waals surface area (Å²) in [5.41, 5.74) is 0. The lowest BCUT2D eigenvalue weighted by molar-refractivity contribution is -0.142. The monoisotopic (exact) mass is 227 g/mol. The topological polar surface area (TPSA) is 72.9 Å². The van der Waals surface area contributed by atoms with E-state index in [9.17, 15) is 14.4 Å². The largest absolute Gasteiger partial charge is 0.447 e. The molecule has 1 saturated heterocycles. The maximum Gasteiger partial charge on any atom is 0.417 e. The second-order valence-electron chi connectivity index (χ2n) is 3.11. The van der Waals surface area contributed by atoms with Crippen LogP contribution in [0.5, 0.6) is 0 Å². The molecular formula is C10H13NO5. The Balaban J connectivity index is 2.33. The van der Waals surface area contributed by atoms with Gasteiger partial charge in [0, 0.05) is 6.42 Å². The van der Waals surface area contributed by atoms with Crippen molar-refractivity contribution >= 4 is 17.8 Å². The molecule has 1 fully saturated rings. The third kappa shape index (κ3) is 3.16. The van der Waals surface area contributed by atoms with Gasteiger partial charge in [-0.15, -0.1) is 6.58 Å². The van der Waals surface area contributed by atoms with Crippen molar-refractivity contribution < 1.29 is 23.9 Å². The quantitative estimate of drug-likeness (QED) is 0.366. The molecule has 0 radical (unpaired) electrons. The van der Waals surface area contributed by atoms with E-state index in [0.717, 1.165) is 4.90 Å². The molecule has 0 spiro atoms. The van der Waals surface area contributed by atoms with E-state index in [1.54, 1.807) is 6.08 Å². The van der Waals surface area contributed by atoms with E-state index < -0.39 is 17.8 Å². The summed E-state index contributed by atoms with van der Waals surface area (Å²) >= 11 is 0. The van der Waals surface area contributed by atoms with Crippen LogP contribution >= 0.6 is 0 Å². The second kappa shape index (κ2) is 6.02. The maximum absolute atomic E-state index is 11.4. The van der Waals surface area contributed by atoms with Crippen LogP contribution in [0.15, 0.2) is 12.7 Å². The van der Waals surface area contributed by atoms with Crippen LogP contribution in [0.4, 0.5) is 4.79 Å². The molecule has 0 N–H and O–H groups in total. The molecule has 0 aromatic carbocycles. The number of hydrogen-bond donors (Lipinski definition) is 0. The van der Waals surface area contributed by atoms with Crippen molar-refractivity contribution in [3.63, 3.8) is 0 Å². The molecular weight excluding hydrogens is 214 g/mol. The molecule has 6 nitrogen and oxygen atoms in total. The fourth-order valence-corrected chi connectivity index (χ4v) is 1.17. The Labute approximate surface area is 92.8 Å². The van der Waals surface area contributed by atoms with E-state index in [1.165, 1.54) is 0 Å². The Morgan fingerprint density at radius 2 is 2.31 bits per heavy atom. The molecule has 0 unspecified atom stereocenters. The van der Waals surface area contributed by atoms with Gasteiger partial charge in [0.05, 0.1) is 19.8 Å². The molecule has 88 valence electrons. The molecule has 2 amide bonds. The first-order chi connectivity index (χ1) is 7.66. The fraction of sp³-hybridized carbons (Fsp3) is 0.500. The second-order valence-corrected chi connectivity index (χ2v) is 3.11. The van der Waals surface area contributed by atoms with Gasteiger partial charge in [0.2, 0.25) is 5.78 Å². The van der Waals surface area contributed by atoms with Gasteiger partial charge in [-0.1, -0.05) is 6.08 Å². The van der Waals surface area contributed by atoms with Crippen molar-refractivity contribution in [2.75, 3.05) is 26.4 Å². The summed E-state index contributed by atoms with van der Waals surface area (Å²) < 4.78 is 9.52. The van der Waals surface area contributed by atoms with Crippen LogP contribution in [0.2, 0.25) is 0 Å². The van der Waals surface area contributed by atoms with Gasteiger partial charge in [-0.2, -0.15) is 0 Å². The highest BCUT2D eigenvalue weighted by atomic mass is 16.6. The Bertz CT molecular complexity index is 312. The van der Waals surface area contributed by atoms with Gasteiger partial charge < -0.3 is 9.47 Å². The molecule has 0 aromatic rings. The third-order valence-electron chi connectivity index (χ3n) is 1.95. The van der Waals surface area contributed by atoms with E-state index in [2.05, 4.69) is 11.3 Å². The minimum atomic E-state index is -0.829. The molecule has 1 rings (SSSR count). The zero-order chi connectivity index (χ0) is 12.0. The minimum absolute atomic E-state index is 0.0452. The number of imide groups is 1. The summed E-state index contributed by atoms with van der Waals surface area (Å²) in [5.74, 6) is -1.48. The molecule has 1 aliphatic heterocycles. The first kappa shape index (κ1) is 12.4. The normalized spacial score (nSPS) is 14.8. The number of amides is 2. The maximum atomic E-state index is 11.4. The lowest BCUT2D eigenvalue weighted by Gasteiger charge is -2.08. The van der Waals surface area contributed by atoms with Gasteiger partial charge in [0.25, 0.3) is 5.91 Å². The van der Waals surface area contributed by atoms with E-state index in [-0.39, 0.29) is 26.2 Å². The van der Waals surface area contributed by atoms with Crippen molar-refractivity contribution in [1.29, 1.82) is 0 Å². The van der Waals surface area contributed by atoms with Crippen molar-refractivity contribution in [2.45, 2.75) is 6.42 Å². The smallest absolute Gasteiger partial charge is 0.417 e. The third-order valence-corrected chi connectivity index (χ3v) is 1.95. The number of carbonyl (C=O) groups is 3. The number of carbonyl (C=O) groups excluding carboxylic acids is 3. The summed E-state index contributed by atoms with van der Waals surface area (Å²) in [6, 6.07) is 0. The lowest BCUT2D eigenvalue weighted by Crippen LogP contribution is -2.37.